The molecule has 4 aromatic rings. The van der Waals surface area contributed by atoms with Crippen molar-refractivity contribution in [2.75, 3.05) is 24.2 Å². The fourth-order valence-electron chi connectivity index (χ4n) is 3.82. The van der Waals surface area contributed by atoms with Crippen LogP contribution in [0.4, 0.5) is 11.4 Å². The molecule has 0 radical (unpaired) electrons. The summed E-state index contributed by atoms with van der Waals surface area (Å²) in [6.07, 6.45) is 1.98. The van der Waals surface area contributed by atoms with Crippen molar-refractivity contribution < 1.29 is 18.3 Å². The zero-order valence-corrected chi connectivity index (χ0v) is 21.1. The van der Waals surface area contributed by atoms with Gasteiger partial charge in [-0.1, -0.05) is 43.3 Å². The number of nitrogens with one attached hydrogen (secondary N) is 2. The Kier molecular flexibility index (Phi) is 7.12. The van der Waals surface area contributed by atoms with Crippen LogP contribution in [-0.2, 0) is 10.0 Å². The minimum atomic E-state index is -3.38. The van der Waals surface area contributed by atoms with E-state index in [4.69, 9.17) is 4.99 Å². The number of rotatable bonds is 8. The summed E-state index contributed by atoms with van der Waals surface area (Å²) in [7, 11) is -1.89. The van der Waals surface area contributed by atoms with Crippen molar-refractivity contribution in [3.8, 4) is 5.88 Å². The van der Waals surface area contributed by atoms with Crippen molar-refractivity contribution in [2.24, 2.45) is 4.99 Å². The highest BCUT2D eigenvalue weighted by molar-refractivity contribution is 7.92. The zero-order chi connectivity index (χ0) is 25.9. The molecule has 0 unspecified atom stereocenters. The molecule has 8 nitrogen and oxygen atoms in total. The van der Waals surface area contributed by atoms with Gasteiger partial charge in [-0.3, -0.25) is 9.10 Å². The van der Waals surface area contributed by atoms with Crippen LogP contribution in [-0.4, -0.2) is 50.0 Å². The molecule has 3 N–H and O–H groups in total. The highest BCUT2D eigenvalue weighted by Crippen LogP contribution is 2.32. The molecule has 0 saturated carbocycles. The molecule has 0 aliphatic heterocycles. The summed E-state index contributed by atoms with van der Waals surface area (Å²) in [4.78, 5) is 20.2. The van der Waals surface area contributed by atoms with Crippen LogP contribution in [0.15, 0.2) is 77.8 Å². The number of amides is 1. The number of aromatic hydroxyl groups is 1. The average Bonchev–Trinajstić information content (AvgIpc) is 3.20. The molecule has 0 fully saturated rings. The van der Waals surface area contributed by atoms with Crippen LogP contribution in [0.25, 0.3) is 10.9 Å². The lowest BCUT2D eigenvalue weighted by Crippen LogP contribution is -2.24. The maximum absolute atomic E-state index is 12.4. The number of aromatic nitrogens is 1. The Morgan fingerprint density at radius 1 is 1.03 bits per heavy atom. The number of H-pyrrole nitrogens is 1. The Morgan fingerprint density at radius 2 is 1.72 bits per heavy atom. The molecular weight excluding hydrogens is 476 g/mol. The van der Waals surface area contributed by atoms with E-state index in [1.807, 2.05) is 37.3 Å². The number of aromatic amines is 1. The van der Waals surface area contributed by atoms with E-state index >= 15 is 0 Å². The fraction of sp³-hybridized carbons (Fsp3) is 0.185. The van der Waals surface area contributed by atoms with Crippen LogP contribution in [0.1, 0.15) is 34.8 Å². The smallest absolute Gasteiger partial charge is 0.251 e. The topological polar surface area (TPSA) is 115 Å². The molecule has 3 aromatic carbocycles. The number of fused-ring (bicyclic) bond motifs is 1. The third-order valence-corrected chi connectivity index (χ3v) is 7.02. The van der Waals surface area contributed by atoms with Crippen molar-refractivity contribution in [2.45, 2.75) is 13.3 Å². The van der Waals surface area contributed by atoms with Crippen LogP contribution in [0.2, 0.25) is 0 Å². The Labute approximate surface area is 210 Å². The third kappa shape index (κ3) is 5.26. The second-order valence-corrected chi connectivity index (χ2v) is 10.5. The lowest BCUT2D eigenvalue weighted by Gasteiger charge is -2.16. The van der Waals surface area contributed by atoms with Crippen LogP contribution in [0.5, 0.6) is 5.88 Å². The van der Waals surface area contributed by atoms with Gasteiger partial charge in [0.25, 0.3) is 5.91 Å². The van der Waals surface area contributed by atoms with Crippen molar-refractivity contribution in [3.63, 3.8) is 0 Å². The van der Waals surface area contributed by atoms with E-state index < -0.39 is 10.0 Å². The average molecular weight is 505 g/mol. The molecule has 1 amide bonds. The van der Waals surface area contributed by atoms with E-state index in [1.54, 1.807) is 42.5 Å². The minimum Gasteiger partial charge on any atom is -0.494 e. The van der Waals surface area contributed by atoms with Gasteiger partial charge in [-0.15, -0.1) is 0 Å². The van der Waals surface area contributed by atoms with E-state index in [9.17, 15) is 18.3 Å². The first kappa shape index (κ1) is 25.0. The van der Waals surface area contributed by atoms with Crippen LogP contribution >= 0.6 is 0 Å². The Morgan fingerprint density at radius 3 is 2.36 bits per heavy atom. The van der Waals surface area contributed by atoms with Gasteiger partial charge in [0.05, 0.1) is 28.9 Å². The van der Waals surface area contributed by atoms with Gasteiger partial charge in [-0.05, 0) is 42.8 Å². The Hall–Kier alpha value is -4.11. The number of hydrogen-bond acceptors (Lipinski definition) is 5. The Balaban J connectivity index is 1.81. The fourth-order valence-corrected chi connectivity index (χ4v) is 4.33. The summed E-state index contributed by atoms with van der Waals surface area (Å²) in [6.45, 7) is 2.57. The molecule has 0 bridgehead atoms. The van der Waals surface area contributed by atoms with E-state index in [2.05, 4.69) is 10.3 Å². The van der Waals surface area contributed by atoms with Crippen LogP contribution < -0.4 is 9.62 Å². The molecular formula is C27H28N4O4S. The van der Waals surface area contributed by atoms with Crippen molar-refractivity contribution in [3.05, 3.63) is 89.5 Å². The second kappa shape index (κ2) is 10.2. The van der Waals surface area contributed by atoms with E-state index in [1.165, 1.54) is 11.4 Å². The number of anilines is 1. The van der Waals surface area contributed by atoms with Gasteiger partial charge in [0.1, 0.15) is 0 Å². The molecule has 1 aromatic heterocycles. The van der Waals surface area contributed by atoms with Gasteiger partial charge >= 0.3 is 0 Å². The normalized spacial score (nSPS) is 12.0. The molecule has 4 rings (SSSR count). The lowest BCUT2D eigenvalue weighted by atomic mass is 10.00. The van der Waals surface area contributed by atoms with Gasteiger partial charge < -0.3 is 15.4 Å². The summed E-state index contributed by atoms with van der Waals surface area (Å²) in [5.41, 5.74) is 4.04. The van der Waals surface area contributed by atoms with E-state index in [0.29, 0.717) is 40.3 Å². The summed E-state index contributed by atoms with van der Waals surface area (Å²) < 4.78 is 24.9. The van der Waals surface area contributed by atoms with Gasteiger partial charge in [0.15, 0.2) is 5.88 Å². The predicted octanol–water partition coefficient (Wildman–Crippen LogP) is 4.58. The first-order valence-electron chi connectivity index (χ1n) is 11.5. The highest BCUT2D eigenvalue weighted by Gasteiger charge is 2.20. The van der Waals surface area contributed by atoms with Gasteiger partial charge in [-0.2, -0.15) is 0 Å². The number of sulfonamides is 1. The van der Waals surface area contributed by atoms with Crippen LogP contribution in [0.3, 0.4) is 0 Å². The maximum Gasteiger partial charge on any atom is 0.251 e. The van der Waals surface area contributed by atoms with Crippen molar-refractivity contribution in [1.82, 2.24) is 10.3 Å². The lowest BCUT2D eigenvalue weighted by molar-refractivity contribution is 0.0953. The largest absolute Gasteiger partial charge is 0.494 e. The molecule has 0 aliphatic rings. The summed E-state index contributed by atoms with van der Waals surface area (Å²) in [5.74, 6) is -0.238. The van der Waals surface area contributed by atoms with Gasteiger partial charge in [0.2, 0.25) is 10.0 Å². The number of benzene rings is 3. The third-order valence-electron chi connectivity index (χ3n) is 5.81. The standard InChI is InChI=1S/C27H28N4O4S/c1-4-16-28-26(32)19-10-15-22-23(17-19)30-27(33)24(22)25(18-8-6-5-7-9-18)29-20-11-13-21(14-12-20)31(2)36(3,34)35/h5-15,17,30,33H,4,16H2,1-3H3,(H,28,32). The first-order valence-corrected chi connectivity index (χ1v) is 13.3. The van der Waals surface area contributed by atoms with E-state index in [-0.39, 0.29) is 11.8 Å². The molecule has 186 valence electrons. The number of nitrogens with zero attached hydrogens (tertiary/aromatic N) is 2. The maximum atomic E-state index is 12.4. The quantitative estimate of drug-likeness (QED) is 0.305. The molecule has 0 spiro atoms. The van der Waals surface area contributed by atoms with E-state index in [0.717, 1.165) is 23.6 Å². The first-order chi connectivity index (χ1) is 17.2. The molecule has 0 aliphatic carbocycles. The molecule has 0 saturated heterocycles. The highest BCUT2D eigenvalue weighted by atomic mass is 32.2. The molecule has 36 heavy (non-hydrogen) atoms. The summed E-state index contributed by atoms with van der Waals surface area (Å²) in [5, 5.41) is 14.5. The zero-order valence-electron chi connectivity index (χ0n) is 20.3. The minimum absolute atomic E-state index is 0.0628. The van der Waals surface area contributed by atoms with Crippen molar-refractivity contribution in [1.29, 1.82) is 0 Å². The molecule has 9 heteroatoms. The number of hydrogen-bond donors (Lipinski definition) is 3. The number of carbonyl (C=O) groups excluding carboxylic acids is 1. The van der Waals surface area contributed by atoms with Gasteiger partial charge in [-0.25, -0.2) is 13.4 Å². The Bertz CT molecular complexity index is 1530. The number of carbonyl (C=O) groups is 1. The molecule has 0 atom stereocenters. The number of aliphatic imine (C=N–C) groups is 1. The second-order valence-electron chi connectivity index (χ2n) is 8.44. The van der Waals surface area contributed by atoms with Crippen LogP contribution in [0, 0.1) is 0 Å². The SMILES string of the molecule is CCCNC(=O)c1ccc2c(C(=Nc3ccc(N(C)S(C)(=O)=O)cc3)c3ccccc3)c(O)[nH]c2c1. The monoisotopic (exact) mass is 504 g/mol. The summed E-state index contributed by atoms with van der Waals surface area (Å²) >= 11 is 0. The van der Waals surface area contributed by atoms with Crippen molar-refractivity contribution >= 4 is 43.9 Å². The predicted molar refractivity (Wildman–Crippen MR) is 144 cm³/mol. The van der Waals surface area contributed by atoms with Gasteiger partial charge in [0, 0.05) is 35.6 Å². The summed E-state index contributed by atoms with van der Waals surface area (Å²) in [6, 6.07) is 21.5. The molecule has 1 heterocycles.